The predicted molar refractivity (Wildman–Crippen MR) is 79.5 cm³/mol. The zero-order valence-electron chi connectivity index (χ0n) is 11.3. The molecule has 4 nitrogen and oxygen atoms in total. The van der Waals surface area contributed by atoms with Crippen molar-refractivity contribution in [2.45, 2.75) is 19.6 Å². The number of aromatic nitrogens is 2. The van der Waals surface area contributed by atoms with Gasteiger partial charge in [-0.2, -0.15) is 0 Å². The molecule has 0 amide bonds. The van der Waals surface area contributed by atoms with Crippen molar-refractivity contribution in [3.05, 3.63) is 59.9 Å². The van der Waals surface area contributed by atoms with Gasteiger partial charge in [-0.15, -0.1) is 0 Å². The maximum Gasteiger partial charge on any atom is 0.146 e. The Balaban J connectivity index is 1.79. The number of imidazole rings is 1. The van der Waals surface area contributed by atoms with E-state index >= 15 is 0 Å². The summed E-state index contributed by atoms with van der Waals surface area (Å²) in [5.74, 6) is 1.65. The maximum atomic E-state index is 5.89. The molecule has 2 aromatic carbocycles. The van der Waals surface area contributed by atoms with E-state index in [-0.39, 0.29) is 6.04 Å². The summed E-state index contributed by atoms with van der Waals surface area (Å²) in [5, 5.41) is 0. The van der Waals surface area contributed by atoms with Crippen molar-refractivity contribution in [1.82, 2.24) is 9.97 Å². The summed E-state index contributed by atoms with van der Waals surface area (Å²) in [6.45, 7) is 2.39. The first-order chi connectivity index (χ1) is 9.72. The molecule has 0 saturated heterocycles. The number of hydrogen-bond donors (Lipinski definition) is 2. The molecule has 3 rings (SSSR count). The zero-order chi connectivity index (χ0) is 13.9. The predicted octanol–water partition coefficient (Wildman–Crippen LogP) is 3.16. The van der Waals surface area contributed by atoms with Crippen LogP contribution < -0.4 is 10.5 Å². The molecule has 3 aromatic rings. The molecule has 20 heavy (non-hydrogen) atoms. The third-order valence-electron chi connectivity index (χ3n) is 3.20. The van der Waals surface area contributed by atoms with Gasteiger partial charge in [-0.25, -0.2) is 4.98 Å². The first-order valence-corrected chi connectivity index (χ1v) is 6.64. The molecule has 1 heterocycles. The van der Waals surface area contributed by atoms with Gasteiger partial charge in [0.25, 0.3) is 0 Å². The highest BCUT2D eigenvalue weighted by atomic mass is 16.5. The molecule has 102 valence electrons. The molecular formula is C16H17N3O. The first-order valence-electron chi connectivity index (χ1n) is 6.64. The van der Waals surface area contributed by atoms with Crippen molar-refractivity contribution in [3.63, 3.8) is 0 Å². The fourth-order valence-corrected chi connectivity index (χ4v) is 2.10. The monoisotopic (exact) mass is 267 g/mol. The van der Waals surface area contributed by atoms with E-state index in [0.29, 0.717) is 6.61 Å². The van der Waals surface area contributed by atoms with Crippen LogP contribution in [0.1, 0.15) is 24.4 Å². The highest BCUT2D eigenvalue weighted by molar-refractivity contribution is 5.76. The molecule has 0 radical (unpaired) electrons. The number of para-hydroxylation sites is 1. The Hall–Kier alpha value is -2.33. The Morgan fingerprint density at radius 1 is 1.20 bits per heavy atom. The van der Waals surface area contributed by atoms with Crippen molar-refractivity contribution < 1.29 is 4.74 Å². The van der Waals surface area contributed by atoms with Gasteiger partial charge in [0.15, 0.2) is 0 Å². The van der Waals surface area contributed by atoms with E-state index in [1.54, 1.807) is 0 Å². The lowest BCUT2D eigenvalue weighted by Crippen LogP contribution is -2.04. The summed E-state index contributed by atoms with van der Waals surface area (Å²) in [5.41, 5.74) is 8.91. The van der Waals surface area contributed by atoms with Crippen LogP contribution in [0.15, 0.2) is 48.5 Å². The van der Waals surface area contributed by atoms with Crippen LogP contribution >= 0.6 is 0 Å². The second-order valence-electron chi connectivity index (χ2n) is 4.85. The number of hydrogen-bond acceptors (Lipinski definition) is 3. The molecule has 0 aliphatic heterocycles. The zero-order valence-corrected chi connectivity index (χ0v) is 11.3. The second kappa shape index (κ2) is 5.35. The smallest absolute Gasteiger partial charge is 0.146 e. The van der Waals surface area contributed by atoms with Gasteiger partial charge in [0.05, 0.1) is 11.0 Å². The third kappa shape index (κ3) is 2.65. The fourth-order valence-electron chi connectivity index (χ4n) is 2.10. The van der Waals surface area contributed by atoms with E-state index < -0.39 is 0 Å². The van der Waals surface area contributed by atoms with Crippen molar-refractivity contribution in [3.8, 4) is 5.75 Å². The van der Waals surface area contributed by atoms with E-state index in [1.807, 2.05) is 55.5 Å². The molecule has 0 aliphatic rings. The SMILES string of the molecule is CC(N)c1ccc2nc(COc3ccccc3)[nH]c2c1. The Kier molecular flexibility index (Phi) is 3.39. The summed E-state index contributed by atoms with van der Waals surface area (Å²) in [7, 11) is 0. The van der Waals surface area contributed by atoms with Gasteiger partial charge < -0.3 is 15.5 Å². The average Bonchev–Trinajstić information content (AvgIpc) is 2.88. The van der Waals surface area contributed by atoms with Crippen molar-refractivity contribution in [2.75, 3.05) is 0 Å². The molecule has 4 heteroatoms. The number of nitrogens with zero attached hydrogens (tertiary/aromatic N) is 1. The molecular weight excluding hydrogens is 250 g/mol. The largest absolute Gasteiger partial charge is 0.486 e. The van der Waals surface area contributed by atoms with Crippen LogP contribution in [0, 0.1) is 0 Å². The molecule has 0 aliphatic carbocycles. The molecule has 1 unspecified atom stereocenters. The Labute approximate surface area is 117 Å². The Morgan fingerprint density at radius 2 is 2.00 bits per heavy atom. The van der Waals surface area contributed by atoms with Gasteiger partial charge in [-0.05, 0) is 36.8 Å². The van der Waals surface area contributed by atoms with E-state index in [0.717, 1.165) is 28.2 Å². The van der Waals surface area contributed by atoms with Crippen molar-refractivity contribution in [2.24, 2.45) is 5.73 Å². The average molecular weight is 267 g/mol. The van der Waals surface area contributed by atoms with Crippen LogP contribution in [0.25, 0.3) is 11.0 Å². The summed E-state index contributed by atoms with van der Waals surface area (Å²) >= 11 is 0. The van der Waals surface area contributed by atoms with Crippen LogP contribution in [-0.2, 0) is 6.61 Å². The molecule has 0 bridgehead atoms. The number of fused-ring (bicyclic) bond motifs is 1. The lowest BCUT2D eigenvalue weighted by Gasteiger charge is -2.03. The topological polar surface area (TPSA) is 63.9 Å². The van der Waals surface area contributed by atoms with Crippen molar-refractivity contribution in [1.29, 1.82) is 0 Å². The summed E-state index contributed by atoms with van der Waals surface area (Å²) in [4.78, 5) is 7.78. The summed E-state index contributed by atoms with van der Waals surface area (Å²) in [6, 6.07) is 15.8. The summed E-state index contributed by atoms with van der Waals surface area (Å²) < 4.78 is 5.68. The number of benzene rings is 2. The van der Waals surface area contributed by atoms with E-state index in [1.165, 1.54) is 0 Å². The molecule has 3 N–H and O–H groups in total. The van der Waals surface area contributed by atoms with Gasteiger partial charge in [-0.1, -0.05) is 24.3 Å². The number of rotatable bonds is 4. The second-order valence-corrected chi connectivity index (χ2v) is 4.85. The van der Waals surface area contributed by atoms with Crippen LogP contribution in [-0.4, -0.2) is 9.97 Å². The lowest BCUT2D eigenvalue weighted by molar-refractivity contribution is 0.297. The van der Waals surface area contributed by atoms with Crippen molar-refractivity contribution >= 4 is 11.0 Å². The van der Waals surface area contributed by atoms with E-state index in [4.69, 9.17) is 10.5 Å². The molecule has 0 spiro atoms. The van der Waals surface area contributed by atoms with E-state index in [2.05, 4.69) is 9.97 Å². The van der Waals surface area contributed by atoms with Gasteiger partial charge in [0.2, 0.25) is 0 Å². The van der Waals surface area contributed by atoms with Gasteiger partial charge in [0, 0.05) is 6.04 Å². The lowest BCUT2D eigenvalue weighted by atomic mass is 10.1. The molecule has 0 fully saturated rings. The number of nitrogens with two attached hydrogens (primary N) is 1. The van der Waals surface area contributed by atoms with Crippen LogP contribution in [0.3, 0.4) is 0 Å². The number of aromatic amines is 1. The highest BCUT2D eigenvalue weighted by Crippen LogP contribution is 2.18. The Morgan fingerprint density at radius 3 is 2.75 bits per heavy atom. The number of nitrogens with one attached hydrogen (secondary N) is 1. The fraction of sp³-hybridized carbons (Fsp3) is 0.188. The molecule has 1 aromatic heterocycles. The first kappa shape index (κ1) is 12.7. The minimum atomic E-state index is 0.0201. The maximum absolute atomic E-state index is 5.89. The van der Waals surface area contributed by atoms with Gasteiger partial charge >= 0.3 is 0 Å². The Bertz CT molecular complexity index is 704. The third-order valence-corrected chi connectivity index (χ3v) is 3.20. The van der Waals surface area contributed by atoms with Crippen LogP contribution in [0.2, 0.25) is 0 Å². The minimum Gasteiger partial charge on any atom is -0.486 e. The normalized spacial score (nSPS) is 12.5. The number of ether oxygens (including phenoxy) is 1. The van der Waals surface area contributed by atoms with Crippen LogP contribution in [0.5, 0.6) is 5.75 Å². The number of H-pyrrole nitrogens is 1. The minimum absolute atomic E-state index is 0.0201. The summed E-state index contributed by atoms with van der Waals surface area (Å²) in [6.07, 6.45) is 0. The van der Waals surface area contributed by atoms with Crippen LogP contribution in [0.4, 0.5) is 0 Å². The standard InChI is InChI=1S/C16H17N3O/c1-11(17)12-7-8-14-15(9-12)19-16(18-14)10-20-13-5-3-2-4-6-13/h2-9,11H,10,17H2,1H3,(H,18,19). The highest BCUT2D eigenvalue weighted by Gasteiger charge is 2.06. The van der Waals surface area contributed by atoms with Gasteiger partial charge in [-0.3, -0.25) is 0 Å². The van der Waals surface area contributed by atoms with Gasteiger partial charge in [0.1, 0.15) is 18.2 Å². The quantitative estimate of drug-likeness (QED) is 0.763. The molecule has 1 atom stereocenters. The molecule has 0 saturated carbocycles. The van der Waals surface area contributed by atoms with E-state index in [9.17, 15) is 0 Å².